The van der Waals surface area contributed by atoms with Gasteiger partial charge in [0.1, 0.15) is 11.9 Å². The van der Waals surface area contributed by atoms with E-state index in [4.69, 9.17) is 19.7 Å². The number of likely N-dealkylation sites (tertiary alicyclic amines) is 1. The number of ether oxygens (including phenoxy) is 2. The summed E-state index contributed by atoms with van der Waals surface area (Å²) in [6, 6.07) is 10.2. The van der Waals surface area contributed by atoms with E-state index in [1.165, 1.54) is 0 Å². The molecule has 1 saturated heterocycles. The molecule has 1 aromatic carbocycles. The van der Waals surface area contributed by atoms with E-state index in [9.17, 15) is 14.4 Å². The Hall–Kier alpha value is -3.36. The van der Waals surface area contributed by atoms with Crippen molar-refractivity contribution in [2.75, 3.05) is 13.1 Å². The van der Waals surface area contributed by atoms with E-state index >= 15 is 0 Å². The highest BCUT2D eigenvalue weighted by atomic mass is 16.5. The number of aromatic nitrogens is 1. The first-order chi connectivity index (χ1) is 14.8. The molecule has 2 heterocycles. The highest BCUT2D eigenvalue weighted by molar-refractivity contribution is 5.89. The van der Waals surface area contributed by atoms with Crippen molar-refractivity contribution in [1.82, 2.24) is 10.1 Å². The van der Waals surface area contributed by atoms with Crippen LogP contribution in [-0.2, 0) is 20.7 Å². The zero-order valence-corrected chi connectivity index (χ0v) is 17.7. The fourth-order valence-corrected chi connectivity index (χ4v) is 3.51. The SMILES string of the molecule is CC(C)Oc1cc(CCC(=O)N2C[C@H](CC(N)=O)[C@H](OC(=O)c3ccccc3)C2)on1. The fraction of sp³-hybridized carbons (Fsp3) is 0.455. The average molecular weight is 429 g/mol. The Balaban J connectivity index is 1.58. The summed E-state index contributed by atoms with van der Waals surface area (Å²) in [6.45, 7) is 4.28. The minimum atomic E-state index is -0.597. The predicted octanol–water partition coefficient (Wildman–Crippen LogP) is 1.95. The van der Waals surface area contributed by atoms with Gasteiger partial charge in [-0.05, 0) is 31.1 Å². The molecule has 31 heavy (non-hydrogen) atoms. The lowest BCUT2D eigenvalue weighted by Gasteiger charge is -2.17. The number of nitrogens with two attached hydrogens (primary N) is 1. The van der Waals surface area contributed by atoms with Gasteiger partial charge in [0.2, 0.25) is 11.8 Å². The van der Waals surface area contributed by atoms with Crippen molar-refractivity contribution in [2.24, 2.45) is 11.7 Å². The first kappa shape index (κ1) is 22.3. The molecule has 0 bridgehead atoms. The molecule has 1 aliphatic heterocycles. The van der Waals surface area contributed by atoms with Crippen LogP contribution in [0.1, 0.15) is 42.8 Å². The highest BCUT2D eigenvalue weighted by Crippen LogP contribution is 2.25. The summed E-state index contributed by atoms with van der Waals surface area (Å²) < 4.78 is 16.3. The van der Waals surface area contributed by atoms with Crippen molar-refractivity contribution in [3.8, 4) is 5.88 Å². The molecule has 3 rings (SSSR count). The van der Waals surface area contributed by atoms with Crippen LogP contribution in [0.4, 0.5) is 0 Å². The third kappa shape index (κ3) is 6.31. The van der Waals surface area contributed by atoms with Gasteiger partial charge < -0.3 is 24.6 Å². The third-order valence-electron chi connectivity index (χ3n) is 4.94. The van der Waals surface area contributed by atoms with Crippen LogP contribution in [0, 0.1) is 5.92 Å². The number of benzene rings is 1. The van der Waals surface area contributed by atoms with Crippen molar-refractivity contribution >= 4 is 17.8 Å². The maximum absolute atomic E-state index is 12.7. The number of nitrogens with zero attached hydrogens (tertiary/aromatic N) is 2. The zero-order valence-electron chi connectivity index (χ0n) is 17.7. The van der Waals surface area contributed by atoms with Crippen LogP contribution in [-0.4, -0.2) is 53.1 Å². The molecule has 1 aromatic heterocycles. The van der Waals surface area contributed by atoms with E-state index in [0.29, 0.717) is 30.2 Å². The molecule has 0 saturated carbocycles. The van der Waals surface area contributed by atoms with Gasteiger partial charge in [-0.2, -0.15) is 0 Å². The van der Waals surface area contributed by atoms with E-state index in [-0.39, 0.29) is 37.3 Å². The first-order valence-corrected chi connectivity index (χ1v) is 10.3. The van der Waals surface area contributed by atoms with Gasteiger partial charge >= 0.3 is 5.97 Å². The molecule has 1 fully saturated rings. The van der Waals surface area contributed by atoms with Gasteiger partial charge in [-0.3, -0.25) is 9.59 Å². The Bertz CT molecular complexity index is 911. The summed E-state index contributed by atoms with van der Waals surface area (Å²) >= 11 is 0. The largest absolute Gasteiger partial charge is 0.473 e. The number of carbonyl (C=O) groups is 3. The van der Waals surface area contributed by atoms with Crippen molar-refractivity contribution < 1.29 is 28.4 Å². The number of carbonyl (C=O) groups excluding carboxylic acids is 3. The van der Waals surface area contributed by atoms with Gasteiger partial charge in [-0.15, -0.1) is 0 Å². The minimum absolute atomic E-state index is 0.0260. The Morgan fingerprint density at radius 1 is 1.23 bits per heavy atom. The number of primary amides is 1. The number of esters is 1. The maximum Gasteiger partial charge on any atom is 0.338 e. The minimum Gasteiger partial charge on any atom is -0.473 e. The lowest BCUT2D eigenvalue weighted by Crippen LogP contribution is -2.31. The average Bonchev–Trinajstić information content (AvgIpc) is 3.33. The van der Waals surface area contributed by atoms with E-state index in [1.807, 2.05) is 13.8 Å². The lowest BCUT2D eigenvalue weighted by atomic mass is 10.0. The van der Waals surface area contributed by atoms with Crippen LogP contribution < -0.4 is 10.5 Å². The summed E-state index contributed by atoms with van der Waals surface area (Å²) in [5, 5.41) is 3.82. The number of hydrogen-bond acceptors (Lipinski definition) is 7. The van der Waals surface area contributed by atoms with E-state index < -0.39 is 18.0 Å². The highest BCUT2D eigenvalue weighted by Gasteiger charge is 2.38. The molecule has 166 valence electrons. The summed E-state index contributed by atoms with van der Waals surface area (Å²) in [5.74, 6) is -0.536. The quantitative estimate of drug-likeness (QED) is 0.604. The van der Waals surface area contributed by atoms with Crippen LogP contribution in [0.25, 0.3) is 0 Å². The number of amides is 2. The van der Waals surface area contributed by atoms with Crippen LogP contribution in [0.2, 0.25) is 0 Å². The first-order valence-electron chi connectivity index (χ1n) is 10.3. The van der Waals surface area contributed by atoms with Crippen LogP contribution in [0.5, 0.6) is 5.88 Å². The van der Waals surface area contributed by atoms with Gasteiger partial charge in [0, 0.05) is 37.8 Å². The van der Waals surface area contributed by atoms with Crippen LogP contribution in [0.3, 0.4) is 0 Å². The molecule has 2 aromatic rings. The maximum atomic E-state index is 12.7. The molecule has 0 aliphatic carbocycles. The van der Waals surface area contributed by atoms with E-state index in [0.717, 1.165) is 0 Å². The van der Waals surface area contributed by atoms with Gasteiger partial charge in [0.05, 0.1) is 18.2 Å². The Labute approximate surface area is 180 Å². The fourth-order valence-electron chi connectivity index (χ4n) is 3.51. The molecule has 2 atom stereocenters. The van der Waals surface area contributed by atoms with Crippen LogP contribution >= 0.6 is 0 Å². The molecule has 9 nitrogen and oxygen atoms in total. The molecule has 2 amide bonds. The smallest absolute Gasteiger partial charge is 0.338 e. The molecule has 2 N–H and O–H groups in total. The Morgan fingerprint density at radius 3 is 2.65 bits per heavy atom. The molecular formula is C22H27N3O6. The number of aryl methyl sites for hydroxylation is 1. The van der Waals surface area contributed by atoms with Crippen LogP contribution in [0.15, 0.2) is 40.9 Å². The summed E-state index contributed by atoms with van der Waals surface area (Å²) in [4.78, 5) is 38.2. The second-order valence-corrected chi connectivity index (χ2v) is 7.84. The Morgan fingerprint density at radius 2 is 1.97 bits per heavy atom. The molecule has 0 radical (unpaired) electrons. The van der Waals surface area contributed by atoms with E-state index in [1.54, 1.807) is 41.3 Å². The summed E-state index contributed by atoms with van der Waals surface area (Å²) in [6.07, 6.45) is -0.0333. The van der Waals surface area contributed by atoms with Crippen molar-refractivity contribution in [2.45, 2.75) is 45.3 Å². The second-order valence-electron chi connectivity index (χ2n) is 7.84. The third-order valence-corrected chi connectivity index (χ3v) is 4.94. The zero-order chi connectivity index (χ0) is 22.4. The predicted molar refractivity (Wildman–Crippen MR) is 110 cm³/mol. The van der Waals surface area contributed by atoms with Gasteiger partial charge in [0.15, 0.2) is 0 Å². The monoisotopic (exact) mass is 429 g/mol. The molecule has 0 unspecified atom stereocenters. The van der Waals surface area contributed by atoms with E-state index in [2.05, 4.69) is 5.16 Å². The molecular weight excluding hydrogens is 402 g/mol. The standard InChI is InChI=1S/C22H27N3O6/c1-14(2)29-20-11-17(31-24-20)8-9-21(27)25-12-16(10-19(23)26)18(13-25)30-22(28)15-6-4-3-5-7-15/h3-7,11,14,16,18H,8-10,12-13H2,1-2H3,(H2,23,26)/t16-,18+/m0/s1. The second kappa shape index (κ2) is 10.1. The topological polar surface area (TPSA) is 125 Å². The summed E-state index contributed by atoms with van der Waals surface area (Å²) in [5.41, 5.74) is 5.77. The van der Waals surface area contributed by atoms with Crippen molar-refractivity contribution in [3.63, 3.8) is 0 Å². The molecule has 9 heteroatoms. The number of rotatable bonds is 9. The van der Waals surface area contributed by atoms with Gasteiger partial charge in [-0.25, -0.2) is 4.79 Å². The summed E-state index contributed by atoms with van der Waals surface area (Å²) in [7, 11) is 0. The van der Waals surface area contributed by atoms with Gasteiger partial charge in [0.25, 0.3) is 5.88 Å². The molecule has 0 spiro atoms. The Kier molecular flexibility index (Phi) is 7.28. The van der Waals surface area contributed by atoms with Gasteiger partial charge in [-0.1, -0.05) is 18.2 Å². The molecule has 1 aliphatic rings. The normalized spacial score (nSPS) is 18.2. The number of hydrogen-bond donors (Lipinski definition) is 1. The lowest BCUT2D eigenvalue weighted by molar-refractivity contribution is -0.130. The van der Waals surface area contributed by atoms with Crippen molar-refractivity contribution in [3.05, 3.63) is 47.7 Å². The van der Waals surface area contributed by atoms with Crippen molar-refractivity contribution in [1.29, 1.82) is 0 Å².